The highest BCUT2D eigenvalue weighted by Crippen LogP contribution is 2.44. The minimum atomic E-state index is 0.650. The largest absolute Gasteiger partial charge is 0.309 e. The number of nitrogens with zero attached hydrogens (tertiary/aromatic N) is 5. The minimum Gasteiger partial charge on any atom is -0.309 e. The van der Waals surface area contributed by atoms with Crippen molar-refractivity contribution >= 4 is 97.9 Å². The van der Waals surface area contributed by atoms with Crippen LogP contribution in [0.25, 0.3) is 126 Å². The molecule has 0 radical (unpaired) electrons. The Kier molecular flexibility index (Phi) is 7.05. The maximum Gasteiger partial charge on any atom is 0.235 e. The Balaban J connectivity index is 1.02. The first-order valence-corrected chi connectivity index (χ1v) is 21.5. The molecule has 14 aromatic rings. The van der Waals surface area contributed by atoms with Gasteiger partial charge in [-0.2, -0.15) is 0 Å². The number of aromatic nitrogens is 5. The standard InChI is InChI=1S/C58H35N5/c1-3-19-39-36(15-1)17-13-25-42(39)57-43-22-5-9-26-47(43)59-58(60-57)63-49-27-10-6-21-41(49)46-35-38(31-32-52(46)63)61-50-28-11-7-23-44(50)55-53(61)33-34-54-56(55)45-24-8-12-29-51(45)62(54)48-30-14-18-37-16-2-4-20-40(37)48/h1-35H. The number of hydrogen-bond acceptors (Lipinski definition) is 2. The summed E-state index contributed by atoms with van der Waals surface area (Å²) in [5, 5.41) is 13.1. The third-order valence-electron chi connectivity index (χ3n) is 13.2. The van der Waals surface area contributed by atoms with Crippen molar-refractivity contribution in [1.82, 2.24) is 23.7 Å². The van der Waals surface area contributed by atoms with E-state index < -0.39 is 0 Å². The Labute approximate surface area is 360 Å². The summed E-state index contributed by atoms with van der Waals surface area (Å²) in [5.74, 6) is 0.650. The maximum atomic E-state index is 5.46. The van der Waals surface area contributed by atoms with Crippen molar-refractivity contribution in [1.29, 1.82) is 0 Å². The van der Waals surface area contributed by atoms with Crippen LogP contribution >= 0.6 is 0 Å². The Bertz CT molecular complexity index is 4210. The summed E-state index contributed by atoms with van der Waals surface area (Å²) in [6, 6.07) is 76.6. The smallest absolute Gasteiger partial charge is 0.235 e. The molecule has 0 unspecified atom stereocenters. The lowest BCUT2D eigenvalue weighted by Crippen LogP contribution is -2.03. The predicted molar refractivity (Wildman–Crippen MR) is 263 cm³/mol. The number of hydrogen-bond donors (Lipinski definition) is 0. The van der Waals surface area contributed by atoms with Gasteiger partial charge in [0.25, 0.3) is 0 Å². The fourth-order valence-corrected chi connectivity index (χ4v) is 10.6. The molecule has 0 saturated carbocycles. The molecule has 0 amide bonds. The van der Waals surface area contributed by atoms with Crippen LogP contribution in [-0.2, 0) is 0 Å². The van der Waals surface area contributed by atoms with Crippen LogP contribution in [0.4, 0.5) is 0 Å². The fourth-order valence-electron chi connectivity index (χ4n) is 10.6. The van der Waals surface area contributed by atoms with Gasteiger partial charge in [0.2, 0.25) is 5.95 Å². The molecule has 0 spiro atoms. The minimum absolute atomic E-state index is 0.650. The highest BCUT2D eigenvalue weighted by molar-refractivity contribution is 6.29. The third-order valence-corrected chi connectivity index (χ3v) is 13.2. The van der Waals surface area contributed by atoms with Crippen LogP contribution in [0.1, 0.15) is 0 Å². The molecular formula is C58H35N5. The zero-order chi connectivity index (χ0) is 41.2. The Morgan fingerprint density at radius 3 is 1.56 bits per heavy atom. The van der Waals surface area contributed by atoms with Gasteiger partial charge in [0.05, 0.1) is 50.0 Å². The van der Waals surface area contributed by atoms with Gasteiger partial charge >= 0.3 is 0 Å². The lowest BCUT2D eigenvalue weighted by Gasteiger charge is -2.13. The number of rotatable bonds is 4. The summed E-state index contributed by atoms with van der Waals surface area (Å²) >= 11 is 0. The molecule has 0 atom stereocenters. The lowest BCUT2D eigenvalue weighted by atomic mass is 9.99. The molecule has 10 aromatic carbocycles. The molecule has 0 aliphatic carbocycles. The molecule has 4 aromatic heterocycles. The van der Waals surface area contributed by atoms with Gasteiger partial charge in [-0.3, -0.25) is 4.57 Å². The Morgan fingerprint density at radius 1 is 0.302 bits per heavy atom. The molecule has 0 fully saturated rings. The maximum absolute atomic E-state index is 5.46. The van der Waals surface area contributed by atoms with Gasteiger partial charge in [-0.25, -0.2) is 9.97 Å². The van der Waals surface area contributed by atoms with E-state index in [1.54, 1.807) is 0 Å². The third kappa shape index (κ3) is 4.82. The van der Waals surface area contributed by atoms with E-state index in [-0.39, 0.29) is 0 Å². The molecule has 0 aliphatic heterocycles. The summed E-state index contributed by atoms with van der Waals surface area (Å²) in [4.78, 5) is 10.7. The molecule has 63 heavy (non-hydrogen) atoms. The van der Waals surface area contributed by atoms with Crippen LogP contribution in [-0.4, -0.2) is 23.7 Å². The van der Waals surface area contributed by atoms with Crippen LogP contribution in [0.5, 0.6) is 0 Å². The number of para-hydroxylation sites is 4. The first-order chi connectivity index (χ1) is 31.3. The van der Waals surface area contributed by atoms with E-state index in [4.69, 9.17) is 9.97 Å². The van der Waals surface area contributed by atoms with Crippen molar-refractivity contribution in [2.45, 2.75) is 0 Å². The summed E-state index contributed by atoms with van der Waals surface area (Å²) in [7, 11) is 0. The van der Waals surface area contributed by atoms with Gasteiger partial charge < -0.3 is 9.13 Å². The van der Waals surface area contributed by atoms with Crippen LogP contribution in [0.3, 0.4) is 0 Å². The van der Waals surface area contributed by atoms with Crippen LogP contribution in [0.2, 0.25) is 0 Å². The van der Waals surface area contributed by atoms with Crippen LogP contribution in [0, 0.1) is 0 Å². The van der Waals surface area contributed by atoms with Gasteiger partial charge in [-0.05, 0) is 76.8 Å². The van der Waals surface area contributed by atoms with E-state index in [2.05, 4.69) is 226 Å². The summed E-state index contributed by atoms with van der Waals surface area (Å²) in [6.45, 7) is 0. The van der Waals surface area contributed by atoms with Gasteiger partial charge in [-0.15, -0.1) is 0 Å². The summed E-state index contributed by atoms with van der Waals surface area (Å²) in [5.41, 5.74) is 12.1. The first kappa shape index (κ1) is 34.2. The second-order valence-corrected chi connectivity index (χ2v) is 16.5. The topological polar surface area (TPSA) is 40.6 Å². The van der Waals surface area contributed by atoms with Gasteiger partial charge in [-0.1, -0.05) is 152 Å². The first-order valence-electron chi connectivity index (χ1n) is 21.5. The van der Waals surface area contributed by atoms with E-state index >= 15 is 0 Å². The SMILES string of the molecule is c1ccc2c(-c3nc(-n4c5ccccc5c5cc(-n6c7ccccc7c7c8c9ccccc9n(-c9cccc%10ccccc9%10)c8ccc76)ccc54)nc4ccccc34)cccc2c1. The molecule has 5 heteroatoms. The molecule has 5 nitrogen and oxygen atoms in total. The normalized spacial score (nSPS) is 12.1. The highest BCUT2D eigenvalue weighted by Gasteiger charge is 2.23. The van der Waals surface area contributed by atoms with Crippen molar-refractivity contribution in [2.75, 3.05) is 0 Å². The van der Waals surface area contributed by atoms with E-state index in [1.807, 2.05) is 0 Å². The zero-order valence-corrected chi connectivity index (χ0v) is 33.9. The van der Waals surface area contributed by atoms with Gasteiger partial charge in [0.15, 0.2) is 0 Å². The van der Waals surface area contributed by atoms with Gasteiger partial charge in [0.1, 0.15) is 0 Å². The molecular weight excluding hydrogens is 767 g/mol. The molecule has 292 valence electrons. The number of fused-ring (bicyclic) bond motifs is 13. The fraction of sp³-hybridized carbons (Fsp3) is 0. The van der Waals surface area contributed by atoms with E-state index in [9.17, 15) is 0 Å². The molecule has 14 rings (SSSR count). The second kappa shape index (κ2) is 13.0. The average molecular weight is 802 g/mol. The quantitative estimate of drug-likeness (QED) is 0.178. The molecule has 0 saturated heterocycles. The van der Waals surface area contributed by atoms with E-state index in [0.29, 0.717) is 5.95 Å². The monoisotopic (exact) mass is 801 g/mol. The van der Waals surface area contributed by atoms with E-state index in [1.165, 1.54) is 70.8 Å². The molecule has 4 heterocycles. The zero-order valence-electron chi connectivity index (χ0n) is 33.9. The second-order valence-electron chi connectivity index (χ2n) is 16.5. The Morgan fingerprint density at radius 2 is 0.810 bits per heavy atom. The van der Waals surface area contributed by atoms with Crippen LogP contribution < -0.4 is 0 Å². The summed E-state index contributed by atoms with van der Waals surface area (Å²) < 4.78 is 7.15. The predicted octanol–water partition coefficient (Wildman–Crippen LogP) is 14.9. The highest BCUT2D eigenvalue weighted by atomic mass is 15.2. The van der Waals surface area contributed by atoms with Crippen LogP contribution in [0.15, 0.2) is 212 Å². The average Bonchev–Trinajstić information content (AvgIpc) is 3.98. The van der Waals surface area contributed by atoms with E-state index in [0.717, 1.165) is 49.7 Å². The van der Waals surface area contributed by atoms with Crippen molar-refractivity contribution < 1.29 is 0 Å². The molecule has 0 N–H and O–H groups in total. The lowest BCUT2D eigenvalue weighted by molar-refractivity contribution is 1.01. The molecule has 0 aliphatic rings. The van der Waals surface area contributed by atoms with Crippen molar-refractivity contribution in [3.8, 4) is 28.6 Å². The van der Waals surface area contributed by atoms with Crippen molar-refractivity contribution in [2.24, 2.45) is 0 Å². The van der Waals surface area contributed by atoms with Crippen molar-refractivity contribution in [3.05, 3.63) is 212 Å². The van der Waals surface area contributed by atoms with Gasteiger partial charge in [0, 0.05) is 54.3 Å². The molecule has 0 bridgehead atoms. The Hall–Kier alpha value is -8.54. The number of benzene rings is 10. The van der Waals surface area contributed by atoms with Crippen molar-refractivity contribution in [3.63, 3.8) is 0 Å². The summed E-state index contributed by atoms with van der Waals surface area (Å²) in [6.07, 6.45) is 0.